The molecule has 6 nitrogen and oxygen atoms in total. The molecule has 0 aromatic heterocycles. The van der Waals surface area contributed by atoms with Crippen LogP contribution in [-0.4, -0.2) is 48.0 Å². The largest absolute Gasteiger partial charge is 0.444 e. The smallest absolute Gasteiger partial charge is 0.407 e. The molecule has 1 aromatic carbocycles. The van der Waals surface area contributed by atoms with Crippen LogP contribution in [0, 0.1) is 17.2 Å². The number of rotatable bonds is 6. The van der Waals surface area contributed by atoms with Crippen LogP contribution < -0.4 is 5.32 Å². The van der Waals surface area contributed by atoms with Crippen molar-refractivity contribution in [2.24, 2.45) is 5.92 Å². The third kappa shape index (κ3) is 6.44. The van der Waals surface area contributed by atoms with E-state index < -0.39 is 11.7 Å². The Hall–Kier alpha value is -2.26. The topological polar surface area (TPSA) is 82.4 Å². The molecule has 0 spiro atoms. The normalized spacial score (nSPS) is 15.6. The Morgan fingerprint density at radius 3 is 2.67 bits per heavy atom. The van der Waals surface area contributed by atoms with Crippen molar-refractivity contribution in [2.45, 2.75) is 39.2 Å². The van der Waals surface area contributed by atoms with Gasteiger partial charge in [0.1, 0.15) is 11.5 Å². The van der Waals surface area contributed by atoms with E-state index in [0.29, 0.717) is 25.2 Å². The van der Waals surface area contributed by atoms with Crippen LogP contribution in [0.5, 0.6) is 0 Å². The first kappa shape index (κ1) is 21.0. The number of fused-ring (bicyclic) bond motifs is 1. The molecular formula is C20H26ClN3O3. The standard InChI is InChI=1S/C20H26ClN3O3/c1-20(2,3)27-19(26)23-6-7-24(18(25)11-21)13-15-9-16-5-4-14(12-22)8-17(16)10-15/h4-5,8,15H,6-7,9-11,13H2,1-3H3,(H,23,26). The van der Waals surface area contributed by atoms with Crippen molar-refractivity contribution in [1.29, 1.82) is 5.26 Å². The van der Waals surface area contributed by atoms with Gasteiger partial charge in [-0.3, -0.25) is 4.79 Å². The Labute approximate surface area is 165 Å². The van der Waals surface area contributed by atoms with Crippen LogP contribution in [0.25, 0.3) is 0 Å². The zero-order chi connectivity index (χ0) is 20.0. The van der Waals surface area contributed by atoms with E-state index in [1.54, 1.807) is 25.7 Å². The molecule has 1 aromatic rings. The number of amides is 2. The van der Waals surface area contributed by atoms with Gasteiger partial charge in [0, 0.05) is 19.6 Å². The number of nitrogens with one attached hydrogen (secondary N) is 1. The van der Waals surface area contributed by atoms with Gasteiger partial charge in [-0.05, 0) is 62.8 Å². The highest BCUT2D eigenvalue weighted by atomic mass is 35.5. The van der Waals surface area contributed by atoms with Crippen molar-refractivity contribution in [1.82, 2.24) is 10.2 Å². The van der Waals surface area contributed by atoms with Crippen LogP contribution in [0.1, 0.15) is 37.5 Å². The number of halogens is 1. The summed E-state index contributed by atoms with van der Waals surface area (Å²) < 4.78 is 5.20. The lowest BCUT2D eigenvalue weighted by Crippen LogP contribution is -2.42. The molecule has 0 bridgehead atoms. The molecule has 0 radical (unpaired) electrons. The van der Waals surface area contributed by atoms with Crippen molar-refractivity contribution in [3.8, 4) is 6.07 Å². The van der Waals surface area contributed by atoms with Crippen molar-refractivity contribution < 1.29 is 14.3 Å². The van der Waals surface area contributed by atoms with Gasteiger partial charge in [0.25, 0.3) is 0 Å². The molecule has 1 aliphatic carbocycles. The summed E-state index contributed by atoms with van der Waals surface area (Å²) in [5.41, 5.74) is 2.49. The summed E-state index contributed by atoms with van der Waals surface area (Å²) in [6, 6.07) is 7.90. The van der Waals surface area contributed by atoms with E-state index in [1.807, 2.05) is 18.2 Å². The minimum absolute atomic E-state index is 0.0926. The molecule has 0 saturated heterocycles. The van der Waals surface area contributed by atoms with E-state index in [-0.39, 0.29) is 17.7 Å². The number of alkyl carbamates (subject to hydrolysis) is 1. The van der Waals surface area contributed by atoms with Gasteiger partial charge in [0.05, 0.1) is 11.6 Å². The number of ether oxygens (including phenoxy) is 1. The number of carbonyl (C=O) groups excluding carboxylic acids is 2. The number of hydrogen-bond donors (Lipinski definition) is 1. The second kappa shape index (κ2) is 9.09. The average Bonchev–Trinajstić information content (AvgIpc) is 2.99. The van der Waals surface area contributed by atoms with E-state index >= 15 is 0 Å². The van der Waals surface area contributed by atoms with Crippen molar-refractivity contribution >= 4 is 23.6 Å². The number of carbonyl (C=O) groups is 2. The lowest BCUT2D eigenvalue weighted by atomic mass is 10.1. The van der Waals surface area contributed by atoms with Crippen LogP contribution in [0.2, 0.25) is 0 Å². The number of nitrogens with zero attached hydrogens (tertiary/aromatic N) is 2. The van der Waals surface area contributed by atoms with Crippen LogP contribution in [-0.2, 0) is 22.4 Å². The predicted octanol–water partition coefficient (Wildman–Crippen LogP) is 2.87. The first-order valence-corrected chi connectivity index (χ1v) is 9.57. The molecule has 0 fully saturated rings. The molecule has 0 aliphatic heterocycles. The predicted molar refractivity (Wildman–Crippen MR) is 104 cm³/mol. The Bertz CT molecular complexity index is 737. The van der Waals surface area contributed by atoms with Gasteiger partial charge in [0.2, 0.25) is 5.91 Å². The summed E-state index contributed by atoms with van der Waals surface area (Å²) in [6.45, 7) is 6.64. The lowest BCUT2D eigenvalue weighted by molar-refractivity contribution is -0.129. The fourth-order valence-corrected chi connectivity index (χ4v) is 3.40. The van der Waals surface area contributed by atoms with E-state index in [2.05, 4.69) is 11.4 Å². The quantitative estimate of drug-likeness (QED) is 0.756. The second-order valence-corrected chi connectivity index (χ2v) is 8.04. The fraction of sp³-hybridized carbons (Fsp3) is 0.550. The first-order valence-electron chi connectivity index (χ1n) is 9.04. The van der Waals surface area contributed by atoms with Gasteiger partial charge in [0.15, 0.2) is 0 Å². The monoisotopic (exact) mass is 391 g/mol. The Kier molecular flexibility index (Phi) is 7.09. The molecular weight excluding hydrogens is 366 g/mol. The van der Waals surface area contributed by atoms with Crippen molar-refractivity contribution in [3.05, 3.63) is 34.9 Å². The first-order chi connectivity index (χ1) is 12.7. The molecule has 1 unspecified atom stereocenters. The van der Waals surface area contributed by atoms with Crippen LogP contribution in [0.4, 0.5) is 4.79 Å². The van der Waals surface area contributed by atoms with Gasteiger partial charge >= 0.3 is 6.09 Å². The molecule has 0 heterocycles. The molecule has 2 rings (SSSR count). The minimum atomic E-state index is -0.562. The van der Waals surface area contributed by atoms with Crippen LogP contribution in [0.3, 0.4) is 0 Å². The summed E-state index contributed by atoms with van der Waals surface area (Å²) in [7, 11) is 0. The molecule has 1 N–H and O–H groups in total. The highest BCUT2D eigenvalue weighted by molar-refractivity contribution is 6.27. The molecule has 1 aliphatic rings. The second-order valence-electron chi connectivity index (χ2n) is 7.77. The summed E-state index contributed by atoms with van der Waals surface area (Å²) >= 11 is 5.75. The Morgan fingerprint density at radius 2 is 2.04 bits per heavy atom. The van der Waals surface area contributed by atoms with E-state index in [4.69, 9.17) is 21.6 Å². The third-order valence-corrected chi connectivity index (χ3v) is 4.58. The van der Waals surface area contributed by atoms with Crippen molar-refractivity contribution in [3.63, 3.8) is 0 Å². The summed E-state index contributed by atoms with van der Waals surface area (Å²) in [5, 5.41) is 11.7. The zero-order valence-corrected chi connectivity index (χ0v) is 16.8. The Balaban J connectivity index is 1.89. The number of benzene rings is 1. The zero-order valence-electron chi connectivity index (χ0n) is 16.0. The average molecular weight is 392 g/mol. The molecule has 27 heavy (non-hydrogen) atoms. The number of hydrogen-bond acceptors (Lipinski definition) is 4. The number of alkyl halides is 1. The molecule has 7 heteroatoms. The van der Waals surface area contributed by atoms with Gasteiger partial charge in [-0.15, -0.1) is 11.6 Å². The summed E-state index contributed by atoms with van der Waals surface area (Å²) in [4.78, 5) is 25.6. The summed E-state index contributed by atoms with van der Waals surface area (Å²) in [5.74, 6) is 0.0315. The van der Waals surface area contributed by atoms with Gasteiger partial charge in [-0.1, -0.05) is 6.07 Å². The minimum Gasteiger partial charge on any atom is -0.444 e. The highest BCUT2D eigenvalue weighted by Crippen LogP contribution is 2.28. The lowest BCUT2D eigenvalue weighted by Gasteiger charge is -2.26. The van der Waals surface area contributed by atoms with Crippen molar-refractivity contribution in [2.75, 3.05) is 25.5 Å². The molecule has 2 amide bonds. The number of nitriles is 1. The Morgan fingerprint density at radius 1 is 1.33 bits per heavy atom. The summed E-state index contributed by atoms with van der Waals surface area (Å²) in [6.07, 6.45) is 1.20. The SMILES string of the molecule is CC(C)(C)OC(=O)NCCN(CC1Cc2ccc(C#N)cc2C1)C(=O)CCl. The van der Waals surface area contributed by atoms with Crippen LogP contribution >= 0.6 is 11.6 Å². The van der Waals surface area contributed by atoms with Gasteiger partial charge in [-0.2, -0.15) is 5.26 Å². The maximum Gasteiger partial charge on any atom is 0.407 e. The van der Waals surface area contributed by atoms with E-state index in [9.17, 15) is 9.59 Å². The molecule has 0 saturated carbocycles. The maximum absolute atomic E-state index is 12.2. The van der Waals surface area contributed by atoms with Gasteiger partial charge < -0.3 is 15.0 Å². The van der Waals surface area contributed by atoms with Crippen LogP contribution in [0.15, 0.2) is 18.2 Å². The fourth-order valence-electron chi connectivity index (χ4n) is 3.23. The molecule has 146 valence electrons. The van der Waals surface area contributed by atoms with E-state index in [1.165, 1.54) is 11.1 Å². The highest BCUT2D eigenvalue weighted by Gasteiger charge is 2.25. The molecule has 1 atom stereocenters. The third-order valence-electron chi connectivity index (χ3n) is 4.35. The van der Waals surface area contributed by atoms with Gasteiger partial charge in [-0.25, -0.2) is 4.79 Å². The maximum atomic E-state index is 12.2. The van der Waals surface area contributed by atoms with E-state index in [0.717, 1.165) is 12.8 Å².